The Bertz CT molecular complexity index is 950. The number of amides is 1. The summed E-state index contributed by atoms with van der Waals surface area (Å²) in [6.07, 6.45) is 4.05. The Morgan fingerprint density at radius 3 is 2.41 bits per heavy atom. The molecule has 1 aliphatic heterocycles. The number of nitrogens with one attached hydrogen (secondary N) is 2. The first kappa shape index (κ1) is 21.2. The molecule has 3 rings (SSSR count). The fourth-order valence-corrected chi connectivity index (χ4v) is 4.46. The van der Waals surface area contributed by atoms with E-state index in [0.717, 1.165) is 50.0 Å². The highest BCUT2D eigenvalue weighted by molar-refractivity contribution is 7.92. The minimum Gasteiger partial charge on any atom is -0.370 e. The van der Waals surface area contributed by atoms with Crippen molar-refractivity contribution in [2.75, 3.05) is 29.3 Å². The van der Waals surface area contributed by atoms with E-state index in [1.54, 1.807) is 36.4 Å². The van der Waals surface area contributed by atoms with E-state index in [4.69, 9.17) is 0 Å². The molecule has 0 saturated carbocycles. The summed E-state index contributed by atoms with van der Waals surface area (Å²) in [5, 5.41) is 2.89. The lowest BCUT2D eigenvalue weighted by Crippen LogP contribution is -2.25. The summed E-state index contributed by atoms with van der Waals surface area (Å²) in [5.41, 5.74) is 2.69. The number of hydrogen-bond donors (Lipinski definition) is 2. The monoisotopic (exact) mass is 415 g/mol. The predicted octanol–water partition coefficient (Wildman–Crippen LogP) is 3.93. The normalized spacial score (nSPS) is 14.1. The first-order valence-electron chi connectivity index (χ1n) is 10.2. The van der Waals surface area contributed by atoms with Gasteiger partial charge in [-0.1, -0.05) is 31.0 Å². The molecule has 7 heteroatoms. The maximum atomic E-state index is 12.9. The van der Waals surface area contributed by atoms with Gasteiger partial charge in [-0.15, -0.1) is 0 Å². The molecule has 0 spiro atoms. The second-order valence-electron chi connectivity index (χ2n) is 7.45. The number of aryl methyl sites for hydroxylation is 1. The van der Waals surface area contributed by atoms with Gasteiger partial charge in [0.15, 0.2) is 0 Å². The second kappa shape index (κ2) is 9.31. The minimum absolute atomic E-state index is 0.192. The van der Waals surface area contributed by atoms with Gasteiger partial charge in [0.2, 0.25) is 0 Å². The van der Waals surface area contributed by atoms with Crippen LogP contribution < -0.4 is 14.9 Å². The molecule has 0 bridgehead atoms. The third kappa shape index (κ3) is 5.29. The summed E-state index contributed by atoms with van der Waals surface area (Å²) in [7, 11) is -3.75. The van der Waals surface area contributed by atoms with Crippen LogP contribution in [-0.2, 0) is 10.0 Å². The van der Waals surface area contributed by atoms with Crippen LogP contribution in [0.25, 0.3) is 0 Å². The summed E-state index contributed by atoms with van der Waals surface area (Å²) in [5.74, 6) is -0.192. The molecular formula is C22H29N3O3S. The highest BCUT2D eigenvalue weighted by Crippen LogP contribution is 2.32. The highest BCUT2D eigenvalue weighted by atomic mass is 32.2. The molecule has 1 fully saturated rings. The molecule has 2 aromatic carbocycles. The molecule has 1 heterocycles. The third-order valence-electron chi connectivity index (χ3n) is 5.10. The Kier molecular flexibility index (Phi) is 6.79. The van der Waals surface area contributed by atoms with Gasteiger partial charge in [-0.05, 0) is 56.5 Å². The number of carbonyl (C=O) groups is 1. The quantitative estimate of drug-likeness (QED) is 0.641. The number of benzene rings is 2. The molecule has 2 N–H and O–H groups in total. The molecule has 1 amide bonds. The Morgan fingerprint density at radius 1 is 1.07 bits per heavy atom. The van der Waals surface area contributed by atoms with Gasteiger partial charge < -0.3 is 10.2 Å². The van der Waals surface area contributed by atoms with Gasteiger partial charge in [0.25, 0.3) is 15.9 Å². The zero-order valence-electron chi connectivity index (χ0n) is 17.1. The van der Waals surface area contributed by atoms with Crippen molar-refractivity contribution in [2.45, 2.75) is 44.4 Å². The average Bonchev–Trinajstić information content (AvgIpc) is 3.22. The van der Waals surface area contributed by atoms with E-state index in [-0.39, 0.29) is 10.8 Å². The molecule has 1 aliphatic rings. The van der Waals surface area contributed by atoms with Gasteiger partial charge >= 0.3 is 0 Å². The molecule has 0 unspecified atom stereocenters. The van der Waals surface area contributed by atoms with Gasteiger partial charge in [0.05, 0.1) is 16.3 Å². The fraction of sp³-hybridized carbons (Fsp3) is 0.409. The molecule has 1 saturated heterocycles. The van der Waals surface area contributed by atoms with E-state index in [1.165, 1.54) is 0 Å². The number of carbonyl (C=O) groups excluding carboxylic acids is 1. The van der Waals surface area contributed by atoms with Crippen molar-refractivity contribution in [1.82, 2.24) is 5.32 Å². The molecule has 0 aromatic heterocycles. The lowest BCUT2D eigenvalue weighted by atomic mass is 10.1. The van der Waals surface area contributed by atoms with Crippen LogP contribution in [0.5, 0.6) is 0 Å². The van der Waals surface area contributed by atoms with Crippen molar-refractivity contribution in [3.63, 3.8) is 0 Å². The number of hydrogen-bond acceptors (Lipinski definition) is 4. The van der Waals surface area contributed by atoms with Crippen LogP contribution in [0.15, 0.2) is 47.4 Å². The van der Waals surface area contributed by atoms with Crippen LogP contribution in [-0.4, -0.2) is 34.0 Å². The zero-order chi connectivity index (χ0) is 20.9. The Morgan fingerprint density at radius 2 is 1.76 bits per heavy atom. The molecule has 29 heavy (non-hydrogen) atoms. The van der Waals surface area contributed by atoms with Crippen LogP contribution in [0.1, 0.15) is 48.5 Å². The van der Waals surface area contributed by atoms with Crippen LogP contribution in [0.4, 0.5) is 11.4 Å². The Hall–Kier alpha value is -2.54. The molecular weight excluding hydrogens is 386 g/mol. The maximum absolute atomic E-state index is 12.9. The average molecular weight is 416 g/mol. The van der Waals surface area contributed by atoms with Crippen LogP contribution >= 0.6 is 0 Å². The fourth-order valence-electron chi connectivity index (χ4n) is 3.39. The molecule has 6 nitrogen and oxygen atoms in total. The number of sulfonamides is 1. The predicted molar refractivity (Wildman–Crippen MR) is 117 cm³/mol. The van der Waals surface area contributed by atoms with Crippen molar-refractivity contribution in [3.8, 4) is 0 Å². The molecule has 0 radical (unpaired) electrons. The standard InChI is InChI=1S/C22H29N3O3S/c1-3-4-13-23-22(26)18-9-12-21(25-14-5-6-15-25)20(16-18)24-29(27,28)19-10-7-17(2)8-11-19/h7-12,16,24H,3-6,13-15H2,1-2H3,(H,23,26). The van der Waals surface area contributed by atoms with Gasteiger partial charge in [-0.25, -0.2) is 8.42 Å². The molecule has 156 valence electrons. The van der Waals surface area contributed by atoms with Crippen molar-refractivity contribution < 1.29 is 13.2 Å². The Balaban J connectivity index is 1.91. The Labute approximate surface area is 173 Å². The number of unbranched alkanes of at least 4 members (excludes halogenated alkanes) is 1. The van der Waals surface area contributed by atoms with E-state index >= 15 is 0 Å². The van der Waals surface area contributed by atoms with E-state index in [2.05, 4.69) is 21.9 Å². The highest BCUT2D eigenvalue weighted by Gasteiger charge is 2.22. The second-order valence-corrected chi connectivity index (χ2v) is 9.14. The summed E-state index contributed by atoms with van der Waals surface area (Å²) >= 11 is 0. The minimum atomic E-state index is -3.75. The zero-order valence-corrected chi connectivity index (χ0v) is 17.9. The van der Waals surface area contributed by atoms with Crippen molar-refractivity contribution in [1.29, 1.82) is 0 Å². The SMILES string of the molecule is CCCCNC(=O)c1ccc(N2CCCC2)c(NS(=O)(=O)c2ccc(C)cc2)c1. The largest absolute Gasteiger partial charge is 0.370 e. The van der Waals surface area contributed by atoms with Crippen LogP contribution in [0.2, 0.25) is 0 Å². The van der Waals surface area contributed by atoms with Crippen molar-refractivity contribution >= 4 is 27.3 Å². The van der Waals surface area contributed by atoms with E-state index in [1.807, 2.05) is 13.0 Å². The van der Waals surface area contributed by atoms with E-state index in [0.29, 0.717) is 17.8 Å². The molecule has 0 atom stereocenters. The third-order valence-corrected chi connectivity index (χ3v) is 6.48. The lowest BCUT2D eigenvalue weighted by Gasteiger charge is -2.22. The summed E-state index contributed by atoms with van der Waals surface area (Å²) in [6, 6.07) is 12.0. The first-order valence-corrected chi connectivity index (χ1v) is 11.7. The number of rotatable bonds is 8. The maximum Gasteiger partial charge on any atom is 0.261 e. The van der Waals surface area contributed by atoms with Gasteiger partial charge in [-0.2, -0.15) is 0 Å². The lowest BCUT2D eigenvalue weighted by molar-refractivity contribution is 0.0953. The van der Waals surface area contributed by atoms with Crippen molar-refractivity contribution in [3.05, 3.63) is 53.6 Å². The smallest absolute Gasteiger partial charge is 0.261 e. The number of anilines is 2. The summed E-state index contributed by atoms with van der Waals surface area (Å²) in [4.78, 5) is 14.8. The first-order chi connectivity index (χ1) is 13.9. The van der Waals surface area contributed by atoms with Crippen molar-refractivity contribution in [2.24, 2.45) is 0 Å². The van der Waals surface area contributed by atoms with Gasteiger partial charge in [-0.3, -0.25) is 9.52 Å². The molecule has 0 aliphatic carbocycles. The van der Waals surface area contributed by atoms with Gasteiger partial charge in [0.1, 0.15) is 0 Å². The topological polar surface area (TPSA) is 78.5 Å². The molecule has 2 aromatic rings. The van der Waals surface area contributed by atoms with Crippen LogP contribution in [0, 0.1) is 6.92 Å². The van der Waals surface area contributed by atoms with Crippen LogP contribution in [0.3, 0.4) is 0 Å². The van der Waals surface area contributed by atoms with E-state index < -0.39 is 10.0 Å². The summed E-state index contributed by atoms with van der Waals surface area (Å²) < 4.78 is 28.6. The van der Waals surface area contributed by atoms with Gasteiger partial charge in [0, 0.05) is 25.2 Å². The van der Waals surface area contributed by atoms with E-state index in [9.17, 15) is 13.2 Å². The number of nitrogens with zero attached hydrogens (tertiary/aromatic N) is 1. The summed E-state index contributed by atoms with van der Waals surface area (Å²) in [6.45, 7) is 6.33.